The van der Waals surface area contributed by atoms with Gasteiger partial charge in [-0.2, -0.15) is 4.39 Å². The number of para-hydroxylation sites is 1. The summed E-state index contributed by atoms with van der Waals surface area (Å²) in [5.41, 5.74) is -0.600. The van der Waals surface area contributed by atoms with Gasteiger partial charge in [-0.05, 0) is 25.2 Å². The van der Waals surface area contributed by atoms with Crippen LogP contribution in [0.4, 0.5) is 10.1 Å². The second-order valence-corrected chi connectivity index (χ2v) is 3.72. The highest BCUT2D eigenvalue weighted by Crippen LogP contribution is 2.29. The van der Waals surface area contributed by atoms with Crippen molar-refractivity contribution in [2.75, 3.05) is 26.2 Å². The van der Waals surface area contributed by atoms with Crippen LogP contribution in [0.25, 0.3) is 0 Å². The molecule has 5 nitrogen and oxygen atoms in total. The number of hydrogen-bond acceptors (Lipinski definition) is 4. The fourth-order valence-corrected chi connectivity index (χ4v) is 1.61. The first-order valence-corrected chi connectivity index (χ1v) is 5.88. The molecule has 0 atom stereocenters. The number of benzene rings is 1. The molecule has 0 aliphatic carbocycles. The summed E-state index contributed by atoms with van der Waals surface area (Å²) < 4.78 is 18.6. The Balaban J connectivity index is 2.67. The van der Waals surface area contributed by atoms with E-state index in [2.05, 4.69) is 4.90 Å². The number of rotatable bonds is 7. The molecule has 0 heterocycles. The van der Waals surface area contributed by atoms with Crippen molar-refractivity contribution >= 4 is 5.69 Å². The van der Waals surface area contributed by atoms with Gasteiger partial charge >= 0.3 is 5.69 Å². The minimum Gasteiger partial charge on any atom is -0.485 e. The molecule has 1 aromatic rings. The van der Waals surface area contributed by atoms with E-state index in [1.54, 1.807) is 0 Å². The Morgan fingerprint density at radius 1 is 1.39 bits per heavy atom. The van der Waals surface area contributed by atoms with Gasteiger partial charge < -0.3 is 9.64 Å². The first kappa shape index (κ1) is 14.4. The Morgan fingerprint density at radius 3 is 2.61 bits per heavy atom. The molecule has 0 radical (unpaired) electrons. The van der Waals surface area contributed by atoms with E-state index in [9.17, 15) is 14.5 Å². The van der Waals surface area contributed by atoms with Crippen molar-refractivity contribution in [2.24, 2.45) is 0 Å². The topological polar surface area (TPSA) is 55.6 Å². The summed E-state index contributed by atoms with van der Waals surface area (Å²) in [7, 11) is 0. The predicted octanol–water partition coefficient (Wildman–Crippen LogP) is 2.45. The highest BCUT2D eigenvalue weighted by Gasteiger charge is 2.20. The molecule has 6 heteroatoms. The van der Waals surface area contributed by atoms with Gasteiger partial charge in [0.05, 0.1) is 4.92 Å². The van der Waals surface area contributed by atoms with Crippen molar-refractivity contribution in [3.05, 3.63) is 34.1 Å². The lowest BCUT2D eigenvalue weighted by atomic mass is 10.3. The van der Waals surface area contributed by atoms with E-state index in [1.807, 2.05) is 13.8 Å². The minimum atomic E-state index is -0.875. The van der Waals surface area contributed by atoms with E-state index in [1.165, 1.54) is 12.1 Å². The molecule has 0 saturated carbocycles. The molecule has 18 heavy (non-hydrogen) atoms. The van der Waals surface area contributed by atoms with Crippen LogP contribution in [-0.2, 0) is 0 Å². The quantitative estimate of drug-likeness (QED) is 0.555. The molecule has 1 rings (SSSR count). The Hall–Kier alpha value is -1.69. The molecule has 0 aliphatic heterocycles. The Labute approximate surface area is 105 Å². The van der Waals surface area contributed by atoms with Gasteiger partial charge in [0.25, 0.3) is 0 Å². The maximum absolute atomic E-state index is 13.3. The van der Waals surface area contributed by atoms with Crippen molar-refractivity contribution in [1.82, 2.24) is 4.90 Å². The lowest BCUT2D eigenvalue weighted by molar-refractivity contribution is -0.388. The molecule has 0 N–H and O–H groups in total. The molecule has 100 valence electrons. The van der Waals surface area contributed by atoms with E-state index in [0.717, 1.165) is 19.2 Å². The maximum atomic E-state index is 13.3. The van der Waals surface area contributed by atoms with E-state index in [0.29, 0.717) is 13.2 Å². The van der Waals surface area contributed by atoms with Crippen molar-refractivity contribution < 1.29 is 14.1 Å². The van der Waals surface area contributed by atoms with Gasteiger partial charge in [0.15, 0.2) is 5.75 Å². The fourth-order valence-electron chi connectivity index (χ4n) is 1.61. The summed E-state index contributed by atoms with van der Waals surface area (Å²) >= 11 is 0. The van der Waals surface area contributed by atoms with E-state index in [-0.39, 0.29) is 5.75 Å². The minimum absolute atomic E-state index is 0.0212. The molecule has 1 aromatic carbocycles. The van der Waals surface area contributed by atoms with E-state index in [4.69, 9.17) is 4.74 Å². The third kappa shape index (κ3) is 3.66. The zero-order chi connectivity index (χ0) is 13.5. The lowest BCUT2D eigenvalue weighted by Gasteiger charge is -2.17. The number of halogens is 1. The number of ether oxygens (including phenoxy) is 1. The highest BCUT2D eigenvalue weighted by atomic mass is 19.1. The van der Waals surface area contributed by atoms with Crippen LogP contribution in [0.1, 0.15) is 13.8 Å². The zero-order valence-corrected chi connectivity index (χ0v) is 10.6. The van der Waals surface area contributed by atoms with Gasteiger partial charge in [-0.1, -0.05) is 19.9 Å². The Kier molecular flexibility index (Phi) is 5.51. The summed E-state index contributed by atoms with van der Waals surface area (Å²) in [6.45, 7) is 6.76. The summed E-state index contributed by atoms with van der Waals surface area (Å²) in [6, 6.07) is 3.86. The van der Waals surface area contributed by atoms with E-state index < -0.39 is 16.4 Å². The van der Waals surface area contributed by atoms with Crippen LogP contribution in [0.2, 0.25) is 0 Å². The number of nitrogens with zero attached hydrogens (tertiary/aromatic N) is 2. The lowest BCUT2D eigenvalue weighted by Crippen LogP contribution is -2.28. The predicted molar refractivity (Wildman–Crippen MR) is 66.3 cm³/mol. The van der Waals surface area contributed by atoms with Gasteiger partial charge in [0, 0.05) is 6.54 Å². The SMILES string of the molecule is CCN(CC)CCOc1cccc(F)c1[N+](=O)[O-]. The summed E-state index contributed by atoms with van der Waals surface area (Å²) in [5, 5.41) is 10.7. The zero-order valence-electron chi connectivity index (χ0n) is 10.6. The molecule has 0 aliphatic rings. The van der Waals surface area contributed by atoms with Gasteiger partial charge in [-0.25, -0.2) is 0 Å². The van der Waals surface area contributed by atoms with Crippen LogP contribution >= 0.6 is 0 Å². The highest BCUT2D eigenvalue weighted by molar-refractivity contribution is 5.47. The molecule has 0 amide bonds. The van der Waals surface area contributed by atoms with Crippen LogP contribution in [0.5, 0.6) is 5.75 Å². The van der Waals surface area contributed by atoms with Crippen LogP contribution in [0, 0.1) is 15.9 Å². The summed E-state index contributed by atoms with van der Waals surface area (Å²) in [5.74, 6) is -0.896. The molecule has 0 fully saturated rings. The van der Waals surface area contributed by atoms with E-state index >= 15 is 0 Å². The van der Waals surface area contributed by atoms with Gasteiger partial charge in [0.1, 0.15) is 6.61 Å². The van der Waals surface area contributed by atoms with Crippen molar-refractivity contribution in [3.63, 3.8) is 0 Å². The van der Waals surface area contributed by atoms with Crippen molar-refractivity contribution in [3.8, 4) is 5.75 Å². The smallest absolute Gasteiger partial charge is 0.346 e. The standard InChI is InChI=1S/C12H17FN2O3/c1-3-14(4-2)8-9-18-11-7-5-6-10(13)12(11)15(16)17/h5-7H,3-4,8-9H2,1-2H3. The van der Waals surface area contributed by atoms with Crippen LogP contribution in [0.15, 0.2) is 18.2 Å². The van der Waals surface area contributed by atoms with Gasteiger partial charge in [-0.3, -0.25) is 10.1 Å². The van der Waals surface area contributed by atoms with Crippen molar-refractivity contribution in [2.45, 2.75) is 13.8 Å². The first-order chi connectivity index (χ1) is 8.60. The third-order valence-corrected chi connectivity index (χ3v) is 2.69. The third-order valence-electron chi connectivity index (χ3n) is 2.69. The fraction of sp³-hybridized carbons (Fsp3) is 0.500. The molecule has 0 unspecified atom stereocenters. The summed E-state index contributed by atoms with van der Waals surface area (Å²) in [6.07, 6.45) is 0. The van der Waals surface area contributed by atoms with Crippen LogP contribution in [-0.4, -0.2) is 36.1 Å². The largest absolute Gasteiger partial charge is 0.485 e. The Morgan fingerprint density at radius 2 is 2.06 bits per heavy atom. The monoisotopic (exact) mass is 256 g/mol. The number of nitro benzene ring substituents is 1. The molecular weight excluding hydrogens is 239 g/mol. The number of hydrogen-bond donors (Lipinski definition) is 0. The molecule has 0 bridgehead atoms. The average Bonchev–Trinajstić information content (AvgIpc) is 2.34. The molecule has 0 spiro atoms. The molecular formula is C12H17FN2O3. The first-order valence-electron chi connectivity index (χ1n) is 5.88. The maximum Gasteiger partial charge on any atom is 0.346 e. The second kappa shape index (κ2) is 6.90. The molecule has 0 aromatic heterocycles. The normalized spacial score (nSPS) is 10.7. The second-order valence-electron chi connectivity index (χ2n) is 3.72. The van der Waals surface area contributed by atoms with Gasteiger partial charge in [0.2, 0.25) is 5.82 Å². The van der Waals surface area contributed by atoms with Crippen molar-refractivity contribution in [1.29, 1.82) is 0 Å². The molecule has 0 saturated heterocycles. The average molecular weight is 256 g/mol. The van der Waals surface area contributed by atoms with Gasteiger partial charge in [-0.15, -0.1) is 0 Å². The van der Waals surface area contributed by atoms with Crippen LogP contribution < -0.4 is 4.74 Å². The Bertz CT molecular complexity index is 408. The van der Waals surface area contributed by atoms with Crippen LogP contribution in [0.3, 0.4) is 0 Å². The number of likely N-dealkylation sites (N-methyl/N-ethyl adjacent to an activating group) is 1. The summed E-state index contributed by atoms with van der Waals surface area (Å²) in [4.78, 5) is 12.1. The number of nitro groups is 1.